The molecule has 1 saturated heterocycles. The molecule has 5 nitrogen and oxygen atoms in total. The molecule has 1 amide bonds. The van der Waals surface area contributed by atoms with Gasteiger partial charge in [-0.1, -0.05) is 0 Å². The first-order chi connectivity index (χ1) is 10.9. The smallest absolute Gasteiger partial charge is 0.244 e. The van der Waals surface area contributed by atoms with Crippen molar-refractivity contribution < 1.29 is 9.00 Å². The van der Waals surface area contributed by atoms with Gasteiger partial charge in [-0.2, -0.15) is 5.26 Å². The second-order valence-electron chi connectivity index (χ2n) is 6.06. The topological polar surface area (TPSA) is 64.4 Å². The van der Waals surface area contributed by atoms with Gasteiger partial charge in [0.05, 0.1) is 17.7 Å². The number of anilines is 1. The van der Waals surface area contributed by atoms with Gasteiger partial charge in [-0.3, -0.25) is 13.9 Å². The lowest BCUT2D eigenvalue weighted by Gasteiger charge is -2.39. The van der Waals surface area contributed by atoms with Crippen molar-refractivity contribution >= 4 is 22.4 Å². The van der Waals surface area contributed by atoms with Crippen molar-refractivity contribution in [2.45, 2.75) is 31.8 Å². The summed E-state index contributed by atoms with van der Waals surface area (Å²) in [6.07, 6.45) is 3.45. The van der Waals surface area contributed by atoms with Crippen molar-refractivity contribution in [3.8, 4) is 6.07 Å². The van der Waals surface area contributed by atoms with Crippen LogP contribution in [-0.4, -0.2) is 52.7 Å². The van der Waals surface area contributed by atoms with Crippen LogP contribution in [0, 0.1) is 11.3 Å². The molecule has 124 valence electrons. The monoisotopic (exact) mass is 333 g/mol. The van der Waals surface area contributed by atoms with Gasteiger partial charge in [-0.25, -0.2) is 0 Å². The van der Waals surface area contributed by atoms with Crippen molar-refractivity contribution in [1.29, 1.82) is 5.26 Å². The maximum Gasteiger partial charge on any atom is 0.244 e. The number of carbonyl (C=O) groups excluding carboxylic acids is 1. The molecule has 1 fully saturated rings. The third kappa shape index (κ3) is 4.18. The van der Waals surface area contributed by atoms with E-state index in [1.807, 2.05) is 31.0 Å². The van der Waals surface area contributed by atoms with Crippen molar-refractivity contribution in [2.75, 3.05) is 30.5 Å². The Morgan fingerprint density at radius 2 is 2.09 bits per heavy atom. The number of piperidine rings is 1. The molecule has 1 aromatic rings. The summed E-state index contributed by atoms with van der Waals surface area (Å²) in [5.74, 6) is 0.647. The Labute approximate surface area is 140 Å². The number of hydrogen-bond donors (Lipinski definition) is 0. The average Bonchev–Trinajstić information content (AvgIpc) is 2.54. The van der Waals surface area contributed by atoms with Crippen molar-refractivity contribution in [1.82, 2.24) is 4.90 Å². The fraction of sp³-hybridized carbons (Fsp3) is 0.529. The lowest BCUT2D eigenvalue weighted by atomic mass is 10.0. The van der Waals surface area contributed by atoms with Crippen LogP contribution in [0.2, 0.25) is 0 Å². The summed E-state index contributed by atoms with van der Waals surface area (Å²) in [6.45, 7) is 2.71. The molecule has 1 aliphatic heterocycles. The van der Waals surface area contributed by atoms with Crippen LogP contribution in [-0.2, 0) is 15.6 Å². The van der Waals surface area contributed by atoms with Gasteiger partial charge in [-0.15, -0.1) is 0 Å². The van der Waals surface area contributed by atoms with Crippen LogP contribution in [0.15, 0.2) is 24.3 Å². The highest BCUT2D eigenvalue weighted by molar-refractivity contribution is 7.84. The molecule has 0 spiro atoms. The van der Waals surface area contributed by atoms with Crippen molar-refractivity contribution in [3.05, 3.63) is 29.8 Å². The molecule has 1 aliphatic rings. The number of likely N-dealkylation sites (N-methyl/N-ethyl adjacent to an activating group) is 1. The Kier molecular flexibility index (Phi) is 5.91. The fourth-order valence-corrected chi connectivity index (χ4v) is 3.89. The van der Waals surface area contributed by atoms with Crippen LogP contribution >= 0.6 is 0 Å². The van der Waals surface area contributed by atoms with Crippen LogP contribution in [0.3, 0.4) is 0 Å². The Hall–Kier alpha value is -1.71. The van der Waals surface area contributed by atoms with E-state index >= 15 is 0 Å². The van der Waals surface area contributed by atoms with Gasteiger partial charge in [0, 0.05) is 41.1 Å². The molecule has 0 unspecified atom stereocenters. The molecule has 0 saturated carbocycles. The minimum Gasteiger partial charge on any atom is -0.311 e. The summed E-state index contributed by atoms with van der Waals surface area (Å²) >= 11 is 0. The molecule has 1 aromatic carbocycles. The van der Waals surface area contributed by atoms with Crippen molar-refractivity contribution in [3.63, 3.8) is 0 Å². The summed E-state index contributed by atoms with van der Waals surface area (Å²) in [4.78, 5) is 16.7. The molecular weight excluding hydrogens is 310 g/mol. The Morgan fingerprint density at radius 1 is 1.43 bits per heavy atom. The number of hydrogen-bond acceptors (Lipinski definition) is 4. The molecule has 0 N–H and O–H groups in total. The van der Waals surface area contributed by atoms with E-state index in [-0.39, 0.29) is 18.0 Å². The van der Waals surface area contributed by atoms with E-state index in [1.54, 1.807) is 23.3 Å². The van der Waals surface area contributed by atoms with Crippen molar-refractivity contribution in [2.24, 2.45) is 0 Å². The Balaban J connectivity index is 2.14. The third-order valence-electron chi connectivity index (χ3n) is 4.38. The minimum absolute atomic E-state index is 0.0807. The summed E-state index contributed by atoms with van der Waals surface area (Å²) in [5, 5.41) is 8.88. The normalized spacial score (nSPS) is 21.1. The first-order valence-electron chi connectivity index (χ1n) is 7.77. The highest BCUT2D eigenvalue weighted by Crippen LogP contribution is 2.24. The number of nitriles is 1. The van der Waals surface area contributed by atoms with Gasteiger partial charge in [-0.05, 0) is 51.1 Å². The predicted molar refractivity (Wildman–Crippen MR) is 92.7 cm³/mol. The molecule has 0 radical (unpaired) electrons. The standard InChI is InChI=1S/C17H23N3O2S/c1-13(12-23(3)22)19(2)16-5-4-10-20(17(16)21)15-8-6-14(11-18)7-9-15/h6-9,13,16H,4-5,10,12H2,1-3H3/t13-,16+,23+/m1/s1. The maximum absolute atomic E-state index is 12.9. The molecule has 0 aliphatic carbocycles. The number of benzene rings is 1. The first-order valence-corrected chi connectivity index (χ1v) is 9.50. The van der Waals surface area contributed by atoms with Crippen LogP contribution in [0.5, 0.6) is 0 Å². The van der Waals surface area contributed by atoms with Crippen LogP contribution < -0.4 is 4.90 Å². The maximum atomic E-state index is 12.9. The molecule has 1 heterocycles. The number of amides is 1. The zero-order valence-electron chi connectivity index (χ0n) is 13.9. The fourth-order valence-electron chi connectivity index (χ4n) is 2.97. The van der Waals surface area contributed by atoms with Gasteiger partial charge >= 0.3 is 0 Å². The van der Waals surface area contributed by atoms with E-state index in [0.717, 1.165) is 18.5 Å². The molecule has 0 bridgehead atoms. The second kappa shape index (κ2) is 7.71. The third-order valence-corrected chi connectivity index (χ3v) is 5.33. The first kappa shape index (κ1) is 17.6. The molecule has 2 rings (SSSR count). The quantitative estimate of drug-likeness (QED) is 0.823. The van der Waals surface area contributed by atoms with Gasteiger partial charge in [0.2, 0.25) is 5.91 Å². The van der Waals surface area contributed by atoms with Crippen LogP contribution in [0.25, 0.3) is 0 Å². The van der Waals surface area contributed by atoms with E-state index in [1.165, 1.54) is 0 Å². The summed E-state index contributed by atoms with van der Waals surface area (Å²) in [5.41, 5.74) is 1.42. The average molecular weight is 333 g/mol. The molecule has 6 heteroatoms. The molecule has 0 aromatic heterocycles. The van der Waals surface area contributed by atoms with E-state index in [2.05, 4.69) is 6.07 Å². The Morgan fingerprint density at radius 3 is 2.65 bits per heavy atom. The molecular formula is C17H23N3O2S. The number of carbonyl (C=O) groups is 1. The lowest BCUT2D eigenvalue weighted by molar-refractivity contribution is -0.125. The molecule has 3 atom stereocenters. The number of rotatable bonds is 5. The highest BCUT2D eigenvalue weighted by Gasteiger charge is 2.34. The van der Waals surface area contributed by atoms with Gasteiger partial charge in [0.25, 0.3) is 0 Å². The zero-order chi connectivity index (χ0) is 17.0. The largest absolute Gasteiger partial charge is 0.311 e. The van der Waals surface area contributed by atoms with E-state index < -0.39 is 10.8 Å². The van der Waals surface area contributed by atoms with Crippen LogP contribution in [0.1, 0.15) is 25.3 Å². The second-order valence-corrected chi connectivity index (χ2v) is 7.54. The van der Waals surface area contributed by atoms with Gasteiger partial charge in [0.1, 0.15) is 0 Å². The predicted octanol–water partition coefficient (Wildman–Crippen LogP) is 1.75. The van der Waals surface area contributed by atoms with E-state index in [4.69, 9.17) is 5.26 Å². The Bertz CT molecular complexity index is 624. The lowest BCUT2D eigenvalue weighted by Crippen LogP contribution is -2.54. The number of nitrogens with zero attached hydrogens (tertiary/aromatic N) is 3. The summed E-state index contributed by atoms with van der Waals surface area (Å²) in [7, 11) is 1.06. The van der Waals surface area contributed by atoms with E-state index in [0.29, 0.717) is 17.9 Å². The SMILES string of the molecule is C[C@H](C[S@](C)=O)N(C)[C@H]1CCCN(c2ccc(C#N)cc2)C1=O. The summed E-state index contributed by atoms with van der Waals surface area (Å²) < 4.78 is 11.4. The van der Waals surface area contributed by atoms with Gasteiger partial charge < -0.3 is 4.90 Å². The van der Waals surface area contributed by atoms with Crippen LogP contribution in [0.4, 0.5) is 5.69 Å². The minimum atomic E-state index is -0.878. The van der Waals surface area contributed by atoms with E-state index in [9.17, 15) is 9.00 Å². The van der Waals surface area contributed by atoms with Gasteiger partial charge in [0.15, 0.2) is 0 Å². The highest BCUT2D eigenvalue weighted by atomic mass is 32.2. The molecule has 23 heavy (non-hydrogen) atoms. The summed E-state index contributed by atoms with van der Waals surface area (Å²) in [6, 6.07) is 9.11. The zero-order valence-corrected chi connectivity index (χ0v) is 14.7.